The minimum Gasteiger partial charge on any atom is -0.456 e. The van der Waals surface area contributed by atoms with E-state index < -0.39 is 32.2 Å². The molecule has 0 bridgehead atoms. The van der Waals surface area contributed by atoms with Crippen molar-refractivity contribution in [2.45, 2.75) is 30.7 Å². The van der Waals surface area contributed by atoms with E-state index in [4.69, 9.17) is 4.74 Å². The summed E-state index contributed by atoms with van der Waals surface area (Å²) in [5.41, 5.74) is 0.960. The first-order valence-corrected chi connectivity index (χ1v) is 9.38. The molecule has 1 N–H and O–H groups in total. The van der Waals surface area contributed by atoms with E-state index in [2.05, 4.69) is 15.9 Å². The molecule has 1 amide bonds. The number of alkyl halides is 1. The van der Waals surface area contributed by atoms with Gasteiger partial charge in [-0.15, -0.1) is 0 Å². The van der Waals surface area contributed by atoms with Gasteiger partial charge < -0.3 is 4.74 Å². The Hall–Kier alpha value is -1.71. The fourth-order valence-corrected chi connectivity index (χ4v) is 4.45. The van der Waals surface area contributed by atoms with Gasteiger partial charge in [0.15, 0.2) is 5.37 Å². The van der Waals surface area contributed by atoms with Gasteiger partial charge in [0.25, 0.3) is 10.1 Å². The molecule has 1 heterocycles. The topological polar surface area (TPSA) is 101 Å². The normalized spacial score (nSPS) is 20.3. The molecule has 130 valence electrons. The van der Waals surface area contributed by atoms with Gasteiger partial charge in [-0.05, 0) is 25.0 Å². The molecule has 1 aliphatic heterocycles. The van der Waals surface area contributed by atoms with Crippen LogP contribution < -0.4 is 0 Å². The summed E-state index contributed by atoms with van der Waals surface area (Å²) in [6, 6.07) is 8.92. The molecule has 7 nitrogen and oxygen atoms in total. The van der Waals surface area contributed by atoms with E-state index in [-0.39, 0.29) is 12.3 Å². The van der Waals surface area contributed by atoms with Crippen molar-refractivity contribution in [1.29, 1.82) is 0 Å². The third kappa shape index (κ3) is 3.68. The average molecular weight is 418 g/mol. The molecule has 1 aromatic rings. The smallest absolute Gasteiger partial charge is 0.355 e. The lowest BCUT2D eigenvalue weighted by molar-refractivity contribution is -0.149. The van der Waals surface area contributed by atoms with Crippen LogP contribution in [0.4, 0.5) is 0 Å². The Morgan fingerprint density at radius 1 is 1.29 bits per heavy atom. The van der Waals surface area contributed by atoms with Crippen molar-refractivity contribution >= 4 is 37.9 Å². The number of carbonyl (C=O) groups is 2. The van der Waals surface area contributed by atoms with Crippen molar-refractivity contribution in [2.24, 2.45) is 0 Å². The number of likely N-dealkylation sites (tertiary alicyclic amines) is 1. The molecule has 0 radical (unpaired) electrons. The number of ether oxygens (including phenoxy) is 1. The van der Waals surface area contributed by atoms with E-state index >= 15 is 0 Å². The summed E-state index contributed by atoms with van der Waals surface area (Å²) in [5, 5.41) is -1.56. The predicted octanol–water partition coefficient (Wildman–Crippen LogP) is 1.84. The maximum absolute atomic E-state index is 12.4. The molecule has 0 aliphatic carbocycles. The summed E-state index contributed by atoms with van der Waals surface area (Å²) >= 11 is 2.91. The van der Waals surface area contributed by atoms with Crippen LogP contribution in [0.3, 0.4) is 0 Å². The van der Waals surface area contributed by atoms with Gasteiger partial charge in [-0.1, -0.05) is 46.3 Å². The minimum absolute atomic E-state index is 0.0211. The lowest BCUT2D eigenvalue weighted by Crippen LogP contribution is -2.65. The molecule has 1 fully saturated rings. The fourth-order valence-electron chi connectivity index (χ4n) is 2.29. The SMILES string of the molecule is CC(C)=C(C(=O)OCc1ccccc1)N1C(=O)[C@H](Br)[C@H]1S(=O)(=O)O. The number of hydrogen-bond acceptors (Lipinski definition) is 5. The zero-order chi connectivity index (χ0) is 18.1. The quantitative estimate of drug-likeness (QED) is 0.258. The van der Waals surface area contributed by atoms with Crippen molar-refractivity contribution in [3.8, 4) is 0 Å². The molecule has 1 aliphatic rings. The largest absolute Gasteiger partial charge is 0.456 e. The van der Waals surface area contributed by atoms with Gasteiger partial charge in [0.2, 0.25) is 5.91 Å². The Kier molecular flexibility index (Phi) is 5.46. The molecule has 9 heteroatoms. The molecular formula is C15H16BrNO6S. The van der Waals surface area contributed by atoms with Gasteiger partial charge in [0.1, 0.15) is 17.1 Å². The summed E-state index contributed by atoms with van der Waals surface area (Å²) in [6.45, 7) is 3.08. The zero-order valence-corrected chi connectivity index (χ0v) is 15.4. The second-order valence-electron chi connectivity index (χ2n) is 5.43. The fraction of sp³-hybridized carbons (Fsp3) is 0.333. The standard InChI is InChI=1S/C15H16BrNO6S/c1-9(2)12(15(19)23-8-10-6-4-3-5-7-10)17-13(18)11(16)14(17)24(20,21)22/h3-7,11,14H,8H2,1-2H3,(H,20,21,22)/t11-,14+/m0/s1. The highest BCUT2D eigenvalue weighted by Gasteiger charge is 2.56. The number of carbonyl (C=O) groups excluding carboxylic acids is 2. The number of β-lactam (4-membered cyclic amide) rings is 1. The van der Waals surface area contributed by atoms with E-state index in [1.54, 1.807) is 38.1 Å². The van der Waals surface area contributed by atoms with Crippen molar-refractivity contribution in [3.05, 3.63) is 47.2 Å². The Balaban J connectivity index is 2.22. The van der Waals surface area contributed by atoms with Gasteiger partial charge in [0, 0.05) is 0 Å². The first kappa shape index (κ1) is 18.6. The maximum atomic E-state index is 12.4. The third-order valence-electron chi connectivity index (χ3n) is 3.40. The van der Waals surface area contributed by atoms with Gasteiger partial charge >= 0.3 is 5.97 Å². The molecule has 0 spiro atoms. The molecule has 2 rings (SSSR count). The minimum atomic E-state index is -4.56. The number of amides is 1. The third-order valence-corrected chi connectivity index (χ3v) is 5.74. The van der Waals surface area contributed by atoms with Crippen LogP contribution in [0, 0.1) is 0 Å². The number of benzene rings is 1. The van der Waals surface area contributed by atoms with E-state index in [9.17, 15) is 22.6 Å². The monoisotopic (exact) mass is 417 g/mol. The molecule has 0 unspecified atom stereocenters. The Morgan fingerprint density at radius 3 is 2.38 bits per heavy atom. The van der Waals surface area contributed by atoms with Crippen LogP contribution in [-0.2, 0) is 31.1 Å². The molecule has 0 aromatic heterocycles. The molecule has 0 saturated carbocycles. The molecule has 1 aromatic carbocycles. The van der Waals surface area contributed by atoms with Gasteiger partial charge in [-0.2, -0.15) is 8.42 Å². The second kappa shape index (κ2) is 7.04. The van der Waals surface area contributed by atoms with Crippen molar-refractivity contribution < 1.29 is 27.3 Å². The number of rotatable bonds is 5. The predicted molar refractivity (Wildman–Crippen MR) is 89.5 cm³/mol. The van der Waals surface area contributed by atoms with Gasteiger partial charge in [-0.25, -0.2) is 4.79 Å². The summed E-state index contributed by atoms with van der Waals surface area (Å²) in [5.74, 6) is -1.47. The highest BCUT2D eigenvalue weighted by molar-refractivity contribution is 9.10. The number of esters is 1. The molecular weight excluding hydrogens is 402 g/mol. The summed E-state index contributed by atoms with van der Waals surface area (Å²) in [6.07, 6.45) is 0. The molecule has 24 heavy (non-hydrogen) atoms. The van der Waals surface area contributed by atoms with Gasteiger partial charge in [0.05, 0.1) is 0 Å². The Morgan fingerprint density at radius 2 is 1.88 bits per heavy atom. The number of halogens is 1. The highest BCUT2D eigenvalue weighted by atomic mass is 79.9. The summed E-state index contributed by atoms with van der Waals surface area (Å²) in [4.78, 5) is 24.0. The maximum Gasteiger partial charge on any atom is 0.355 e. The van der Waals surface area contributed by atoms with Crippen LogP contribution in [0.2, 0.25) is 0 Å². The first-order valence-electron chi connectivity index (χ1n) is 6.96. The zero-order valence-electron chi connectivity index (χ0n) is 13.0. The van der Waals surface area contributed by atoms with Crippen LogP contribution in [-0.4, -0.2) is 39.9 Å². The lowest BCUT2D eigenvalue weighted by Gasteiger charge is -2.42. The Labute approximate surface area is 148 Å². The Bertz CT molecular complexity index is 785. The first-order chi connectivity index (χ1) is 11.1. The van der Waals surface area contributed by atoms with Crippen molar-refractivity contribution in [3.63, 3.8) is 0 Å². The van der Waals surface area contributed by atoms with Crippen LogP contribution in [0.5, 0.6) is 0 Å². The summed E-state index contributed by atoms with van der Waals surface area (Å²) < 4.78 is 37.4. The average Bonchev–Trinajstić information content (AvgIpc) is 2.51. The molecule has 2 atom stereocenters. The van der Waals surface area contributed by atoms with E-state index in [0.29, 0.717) is 5.57 Å². The molecule has 1 saturated heterocycles. The van der Waals surface area contributed by atoms with E-state index in [1.807, 2.05) is 6.07 Å². The number of allylic oxidation sites excluding steroid dienone is 1. The highest BCUT2D eigenvalue weighted by Crippen LogP contribution is 2.35. The van der Waals surface area contributed by atoms with Crippen LogP contribution in [0.25, 0.3) is 0 Å². The lowest BCUT2D eigenvalue weighted by atomic mass is 10.1. The second-order valence-corrected chi connectivity index (χ2v) is 7.93. The van der Waals surface area contributed by atoms with E-state index in [0.717, 1.165) is 10.5 Å². The van der Waals surface area contributed by atoms with Crippen LogP contribution in [0.15, 0.2) is 41.6 Å². The summed E-state index contributed by atoms with van der Waals surface area (Å²) in [7, 11) is -4.56. The van der Waals surface area contributed by atoms with Crippen LogP contribution >= 0.6 is 15.9 Å². The van der Waals surface area contributed by atoms with Crippen molar-refractivity contribution in [1.82, 2.24) is 4.90 Å². The van der Waals surface area contributed by atoms with Crippen LogP contribution in [0.1, 0.15) is 19.4 Å². The van der Waals surface area contributed by atoms with E-state index in [1.165, 1.54) is 0 Å². The van der Waals surface area contributed by atoms with Crippen molar-refractivity contribution in [2.75, 3.05) is 0 Å². The van der Waals surface area contributed by atoms with Gasteiger partial charge in [-0.3, -0.25) is 14.2 Å². The number of hydrogen-bond donors (Lipinski definition) is 1. The number of nitrogens with zero attached hydrogens (tertiary/aromatic N) is 1.